The molecule has 0 unspecified atom stereocenters. The summed E-state index contributed by atoms with van der Waals surface area (Å²) in [4.78, 5) is 41.6. The second kappa shape index (κ2) is 11.2. The predicted octanol–water partition coefficient (Wildman–Crippen LogP) is 6.61. The molecule has 2 N–H and O–H groups in total. The van der Waals surface area contributed by atoms with Gasteiger partial charge in [0, 0.05) is 58.1 Å². The number of rotatable bonds is 6. The fraction of sp³-hybridized carbons (Fsp3) is 0.412. The van der Waals surface area contributed by atoms with E-state index in [0.29, 0.717) is 12.8 Å². The summed E-state index contributed by atoms with van der Waals surface area (Å²) in [5.41, 5.74) is 13.9. The van der Waals surface area contributed by atoms with E-state index in [-0.39, 0.29) is 30.2 Å². The Bertz CT molecular complexity index is 1790. The zero-order chi connectivity index (χ0) is 30.3. The molecular weight excluding hydrogens is 528 g/mol. The normalized spacial score (nSPS) is 14.3. The third-order valence-corrected chi connectivity index (χ3v) is 8.82. The van der Waals surface area contributed by atoms with Crippen LogP contribution in [0.4, 0.5) is 0 Å². The van der Waals surface area contributed by atoms with E-state index in [1.54, 1.807) is 0 Å². The summed E-state index contributed by atoms with van der Waals surface area (Å²) in [5.74, 6) is -0.503. The molecule has 0 spiro atoms. The first-order chi connectivity index (χ1) is 19.9. The molecule has 0 saturated heterocycles. The third kappa shape index (κ3) is 5.50. The molecule has 0 radical (unpaired) electrons. The summed E-state index contributed by atoms with van der Waals surface area (Å²) in [5, 5.41) is 0. The largest absolute Gasteiger partial charge is 0.469 e. The Morgan fingerprint density at radius 2 is 1.24 bits per heavy atom. The van der Waals surface area contributed by atoms with Crippen LogP contribution in [0.1, 0.15) is 85.6 Å². The van der Waals surface area contributed by atoms with Crippen molar-refractivity contribution < 1.29 is 19.1 Å². The minimum absolute atomic E-state index is 0.149. The summed E-state index contributed by atoms with van der Waals surface area (Å²) in [6, 6.07) is 8.44. The van der Waals surface area contributed by atoms with E-state index in [9.17, 15) is 9.59 Å². The van der Waals surface area contributed by atoms with Crippen LogP contribution in [-0.4, -0.2) is 46.1 Å². The van der Waals surface area contributed by atoms with E-state index in [2.05, 4.69) is 75.8 Å². The molecule has 3 aromatic heterocycles. The molecule has 8 heteroatoms. The van der Waals surface area contributed by atoms with E-state index in [4.69, 9.17) is 19.4 Å². The first-order valence-corrected chi connectivity index (χ1v) is 14.5. The Kier molecular flexibility index (Phi) is 7.84. The minimum Gasteiger partial charge on any atom is -0.469 e. The first-order valence-electron chi connectivity index (χ1n) is 14.5. The lowest BCUT2D eigenvalue weighted by Crippen LogP contribution is -2.15. The van der Waals surface area contributed by atoms with Gasteiger partial charge in [0.2, 0.25) is 0 Å². The van der Waals surface area contributed by atoms with Crippen molar-refractivity contribution in [1.29, 1.82) is 0 Å². The maximum atomic E-state index is 12.1. The Hall–Kier alpha value is -4.20. The Morgan fingerprint density at radius 3 is 1.76 bits per heavy atom. The van der Waals surface area contributed by atoms with Crippen LogP contribution < -0.4 is 0 Å². The number of allylic oxidation sites excluding steroid dienone is 2. The monoisotopic (exact) mass is 568 g/mol. The van der Waals surface area contributed by atoms with Gasteiger partial charge in [-0.25, -0.2) is 4.98 Å². The van der Waals surface area contributed by atoms with Gasteiger partial charge in [0.15, 0.2) is 0 Å². The van der Waals surface area contributed by atoms with Crippen LogP contribution in [0.25, 0.3) is 33.2 Å². The molecule has 8 bridgehead atoms. The van der Waals surface area contributed by atoms with Crippen molar-refractivity contribution in [3.8, 4) is 0 Å². The molecule has 5 rings (SSSR count). The van der Waals surface area contributed by atoms with Gasteiger partial charge in [-0.1, -0.05) is 13.8 Å². The van der Waals surface area contributed by atoms with Gasteiger partial charge in [-0.05, 0) is 98.2 Å². The molecule has 0 aliphatic carbocycles. The van der Waals surface area contributed by atoms with Crippen LogP contribution in [0, 0.1) is 13.8 Å². The fourth-order valence-corrected chi connectivity index (χ4v) is 5.93. The first kappa shape index (κ1) is 29.3. The minimum atomic E-state index is -0.253. The molecule has 220 valence electrons. The lowest BCUT2D eigenvalue weighted by atomic mass is 9.86. The van der Waals surface area contributed by atoms with E-state index < -0.39 is 0 Å². The molecule has 2 aliphatic rings. The highest BCUT2D eigenvalue weighted by molar-refractivity contribution is 5.91. The molecule has 8 nitrogen and oxygen atoms in total. The summed E-state index contributed by atoms with van der Waals surface area (Å²) < 4.78 is 9.89. The van der Waals surface area contributed by atoms with Crippen LogP contribution in [0.3, 0.4) is 0 Å². The van der Waals surface area contributed by atoms with Crippen LogP contribution in [-0.2, 0) is 43.7 Å². The highest BCUT2D eigenvalue weighted by Crippen LogP contribution is 2.35. The van der Waals surface area contributed by atoms with Gasteiger partial charge in [0.1, 0.15) is 0 Å². The van der Waals surface area contributed by atoms with Gasteiger partial charge >= 0.3 is 11.9 Å². The van der Waals surface area contributed by atoms with Crippen molar-refractivity contribution in [3.05, 3.63) is 69.3 Å². The van der Waals surface area contributed by atoms with Crippen molar-refractivity contribution in [2.75, 3.05) is 14.2 Å². The molecule has 0 amide bonds. The number of ether oxygens (including phenoxy) is 2. The van der Waals surface area contributed by atoms with Gasteiger partial charge in [0.05, 0.1) is 25.6 Å². The fourth-order valence-electron chi connectivity index (χ4n) is 5.93. The Balaban J connectivity index is 1.88. The van der Waals surface area contributed by atoms with Gasteiger partial charge in [0.25, 0.3) is 0 Å². The number of nitrogens with one attached hydrogen (secondary N) is 2. The van der Waals surface area contributed by atoms with Crippen molar-refractivity contribution in [3.63, 3.8) is 0 Å². The van der Waals surface area contributed by atoms with Crippen LogP contribution in [0.5, 0.6) is 0 Å². The summed E-state index contributed by atoms with van der Waals surface area (Å²) in [7, 11) is 2.83. The van der Waals surface area contributed by atoms with Gasteiger partial charge in [-0.3, -0.25) is 14.6 Å². The zero-order valence-corrected chi connectivity index (χ0v) is 25.9. The molecule has 2 aliphatic heterocycles. The maximum Gasteiger partial charge on any atom is 0.305 e. The number of esters is 2. The summed E-state index contributed by atoms with van der Waals surface area (Å²) in [6.45, 7) is 12.8. The third-order valence-electron chi connectivity index (χ3n) is 8.82. The second-order valence-corrected chi connectivity index (χ2v) is 12.0. The highest BCUT2D eigenvalue weighted by Gasteiger charge is 2.29. The second-order valence-electron chi connectivity index (χ2n) is 12.0. The van der Waals surface area contributed by atoms with Crippen LogP contribution in [0.2, 0.25) is 0 Å². The number of aryl methyl sites for hydroxylation is 4. The lowest BCUT2D eigenvalue weighted by molar-refractivity contribution is -0.141. The number of hydrogen-bond acceptors (Lipinski definition) is 6. The highest BCUT2D eigenvalue weighted by atomic mass is 16.5. The number of carbonyl (C=O) groups is 2. The lowest BCUT2D eigenvalue weighted by Gasteiger charge is -2.15. The molecule has 0 aromatic carbocycles. The smallest absolute Gasteiger partial charge is 0.305 e. The summed E-state index contributed by atoms with van der Waals surface area (Å²) in [6.07, 6.45) is 2.42. The summed E-state index contributed by atoms with van der Waals surface area (Å²) >= 11 is 0. The number of aromatic nitrogens is 4. The average molecular weight is 569 g/mol. The average Bonchev–Trinajstić information content (AvgIpc) is 3.59. The number of hydrogen-bond donors (Lipinski definition) is 2. The Labute approximate surface area is 246 Å². The van der Waals surface area contributed by atoms with Gasteiger partial charge < -0.3 is 19.4 Å². The maximum absolute atomic E-state index is 12.1. The number of aromatic amines is 2. The van der Waals surface area contributed by atoms with E-state index in [0.717, 1.165) is 84.7 Å². The molecule has 0 fully saturated rings. The van der Waals surface area contributed by atoms with E-state index >= 15 is 0 Å². The molecule has 5 heterocycles. The van der Waals surface area contributed by atoms with E-state index in [1.807, 2.05) is 0 Å². The van der Waals surface area contributed by atoms with Crippen molar-refractivity contribution >= 4 is 45.2 Å². The number of methoxy groups -OCH3 is 2. The standard InChI is InChI=1S/C34H40N4O4/c1-18-19(2)26-14-27-20(3)23(9-11-32(39)41-7)29(37-27)15-30-24(10-12-33(40)42-8)21(4)28(38-30)16-31-34(5,6)17-22(35-31)13-25(18)36-26/h13-16,37-38H,9-12,17H2,1-8H3. The van der Waals surface area contributed by atoms with Crippen LogP contribution in [0.15, 0.2) is 24.3 Å². The molecule has 0 atom stereocenters. The van der Waals surface area contributed by atoms with Gasteiger partial charge in [-0.15, -0.1) is 0 Å². The SMILES string of the molecule is COC(=O)CCc1c(C)c2cc3nc(cc4nc(cc5[nH]c(cc1[nH]2)c(CCC(=O)OC)c5C)C(C)(C)C4)C(C)=C3C. The van der Waals surface area contributed by atoms with Gasteiger partial charge in [-0.2, -0.15) is 0 Å². The molecule has 3 aromatic rings. The number of carbonyl (C=O) groups excluding carboxylic acids is 2. The van der Waals surface area contributed by atoms with Crippen molar-refractivity contribution in [1.82, 2.24) is 19.9 Å². The van der Waals surface area contributed by atoms with Crippen LogP contribution >= 0.6 is 0 Å². The van der Waals surface area contributed by atoms with Crippen molar-refractivity contribution in [2.45, 2.75) is 79.1 Å². The predicted molar refractivity (Wildman–Crippen MR) is 166 cm³/mol. The Morgan fingerprint density at radius 1 is 0.738 bits per heavy atom. The van der Waals surface area contributed by atoms with Crippen molar-refractivity contribution in [2.24, 2.45) is 0 Å². The molecular formula is C34H40N4O4. The zero-order valence-electron chi connectivity index (χ0n) is 25.9. The molecule has 0 saturated carbocycles. The van der Waals surface area contributed by atoms with E-state index in [1.165, 1.54) is 14.2 Å². The quantitative estimate of drug-likeness (QED) is 0.324. The number of nitrogens with zero attached hydrogens (tertiary/aromatic N) is 2. The topological polar surface area (TPSA) is 110 Å². The number of fused-ring (bicyclic) bond motifs is 8. The number of H-pyrrole nitrogens is 2. The molecule has 42 heavy (non-hydrogen) atoms.